The highest BCUT2D eigenvalue weighted by atomic mass is 32.2. The van der Waals surface area contributed by atoms with Gasteiger partial charge in [-0.25, -0.2) is 8.42 Å². The van der Waals surface area contributed by atoms with Crippen LogP contribution in [0.1, 0.15) is 13.8 Å². The van der Waals surface area contributed by atoms with Crippen LogP contribution in [0.5, 0.6) is 0 Å². The zero-order chi connectivity index (χ0) is 10.2. The van der Waals surface area contributed by atoms with E-state index in [1.54, 1.807) is 13.8 Å². The Kier molecular flexibility index (Phi) is 3.04. The monoisotopic (exact) mass is 223 g/mol. The summed E-state index contributed by atoms with van der Waals surface area (Å²) in [6, 6.07) is 0. The lowest BCUT2D eigenvalue weighted by Gasteiger charge is -2.17. The summed E-state index contributed by atoms with van der Waals surface area (Å²) in [5, 5.41) is -0.924. The largest absolute Gasteiger partial charge is 0.297 e. The second kappa shape index (κ2) is 3.59. The van der Waals surface area contributed by atoms with E-state index in [0.717, 1.165) is 0 Å². The van der Waals surface area contributed by atoms with Crippen molar-refractivity contribution < 1.29 is 13.2 Å². The summed E-state index contributed by atoms with van der Waals surface area (Å²) >= 11 is 3.99. The second-order valence-corrected chi connectivity index (χ2v) is 6.48. The van der Waals surface area contributed by atoms with Crippen molar-refractivity contribution >= 4 is 28.4 Å². The lowest BCUT2D eigenvalue weighted by molar-refractivity contribution is -0.116. The molecule has 0 aromatic carbocycles. The maximum Gasteiger partial charge on any atom is 0.216 e. The number of Topliss-reactive ketones (excluding diaryl/α,β-unsaturated/α-hetero) is 1. The molecule has 1 saturated heterocycles. The zero-order valence-corrected chi connectivity index (χ0v) is 9.31. The van der Waals surface area contributed by atoms with Gasteiger partial charge >= 0.3 is 0 Å². The Morgan fingerprint density at radius 2 is 2.08 bits per heavy atom. The number of thiol groups is 1. The summed E-state index contributed by atoms with van der Waals surface area (Å²) in [7, 11) is -3.28. The van der Waals surface area contributed by atoms with Gasteiger partial charge in [-0.05, 0) is 13.8 Å². The normalized spacial score (nSPS) is 25.8. The van der Waals surface area contributed by atoms with Gasteiger partial charge in [-0.15, -0.1) is 0 Å². The lowest BCUT2D eigenvalue weighted by atomic mass is 10.3. The molecule has 0 radical (unpaired) electrons. The number of carbonyl (C=O) groups excluding carboxylic acids is 1. The first-order valence-electron chi connectivity index (χ1n) is 4.05. The predicted octanol–water partition coefficient (Wildman–Crippen LogP) is -0.0923. The third-order valence-electron chi connectivity index (χ3n) is 2.04. The van der Waals surface area contributed by atoms with Gasteiger partial charge in [0.05, 0.1) is 17.0 Å². The average molecular weight is 223 g/mol. The smallest absolute Gasteiger partial charge is 0.216 e. The second-order valence-electron chi connectivity index (χ2n) is 3.37. The molecule has 0 aromatic rings. The molecule has 1 atom stereocenters. The van der Waals surface area contributed by atoms with Crippen LogP contribution in [-0.4, -0.2) is 42.1 Å². The van der Waals surface area contributed by atoms with Gasteiger partial charge in [-0.3, -0.25) is 4.79 Å². The van der Waals surface area contributed by atoms with Crippen molar-refractivity contribution in [3.05, 3.63) is 0 Å². The molecular weight excluding hydrogens is 210 g/mol. The summed E-state index contributed by atoms with van der Waals surface area (Å²) in [5.41, 5.74) is 0. The van der Waals surface area contributed by atoms with Gasteiger partial charge in [-0.1, -0.05) is 0 Å². The van der Waals surface area contributed by atoms with Crippen molar-refractivity contribution in [1.29, 1.82) is 0 Å². The number of nitrogens with zero attached hydrogens (tertiary/aromatic N) is 1. The molecule has 1 aliphatic heterocycles. The van der Waals surface area contributed by atoms with E-state index < -0.39 is 20.5 Å². The lowest BCUT2D eigenvalue weighted by Crippen LogP contribution is -2.35. The summed E-state index contributed by atoms with van der Waals surface area (Å²) in [6.45, 7) is 3.40. The van der Waals surface area contributed by atoms with Crippen molar-refractivity contribution in [3.8, 4) is 0 Å². The van der Waals surface area contributed by atoms with E-state index in [1.807, 2.05) is 0 Å². The van der Waals surface area contributed by atoms with E-state index in [-0.39, 0.29) is 18.9 Å². The van der Waals surface area contributed by atoms with Gasteiger partial charge in [0.15, 0.2) is 5.78 Å². The molecule has 1 heterocycles. The zero-order valence-electron chi connectivity index (χ0n) is 7.60. The maximum atomic E-state index is 11.6. The Hall–Kier alpha value is -0.0700. The fourth-order valence-corrected chi connectivity index (χ4v) is 2.78. The Bertz CT molecular complexity index is 310. The molecule has 0 bridgehead atoms. The molecule has 0 saturated carbocycles. The molecule has 0 aromatic heterocycles. The van der Waals surface area contributed by atoms with E-state index in [2.05, 4.69) is 12.6 Å². The van der Waals surface area contributed by atoms with Crippen LogP contribution in [0.3, 0.4) is 0 Å². The topological polar surface area (TPSA) is 54.5 Å². The van der Waals surface area contributed by atoms with Gasteiger partial charge in [-0.2, -0.15) is 16.9 Å². The van der Waals surface area contributed by atoms with Crippen LogP contribution < -0.4 is 0 Å². The van der Waals surface area contributed by atoms with E-state index in [1.165, 1.54) is 4.31 Å². The number of hydrogen-bond donors (Lipinski definition) is 1. The highest BCUT2D eigenvalue weighted by Gasteiger charge is 2.36. The average Bonchev–Trinajstić information content (AvgIpc) is 2.32. The van der Waals surface area contributed by atoms with Crippen molar-refractivity contribution in [2.24, 2.45) is 0 Å². The summed E-state index contributed by atoms with van der Waals surface area (Å²) in [5.74, 6) is -0.118. The van der Waals surface area contributed by atoms with E-state index in [4.69, 9.17) is 0 Å². The number of hydrogen-bond acceptors (Lipinski definition) is 4. The van der Waals surface area contributed by atoms with Crippen LogP contribution >= 0.6 is 12.6 Å². The van der Waals surface area contributed by atoms with E-state index >= 15 is 0 Å². The van der Waals surface area contributed by atoms with Crippen LogP contribution in [-0.2, 0) is 14.8 Å². The minimum Gasteiger partial charge on any atom is -0.297 e. The number of ketones is 1. The molecule has 0 N–H and O–H groups in total. The third kappa shape index (κ3) is 2.05. The molecule has 1 unspecified atom stereocenters. The Morgan fingerprint density at radius 1 is 1.54 bits per heavy atom. The molecule has 0 amide bonds. The quantitative estimate of drug-likeness (QED) is 0.666. The first kappa shape index (κ1) is 11.0. The third-order valence-corrected chi connectivity index (χ3v) is 4.68. The molecule has 1 fully saturated rings. The van der Waals surface area contributed by atoms with Crippen LogP contribution in [0.15, 0.2) is 0 Å². The fraction of sp³-hybridized carbons (Fsp3) is 0.857. The molecule has 6 heteroatoms. The first-order chi connectivity index (χ1) is 5.85. The van der Waals surface area contributed by atoms with Gasteiger partial charge in [0.2, 0.25) is 10.0 Å². The molecule has 0 spiro atoms. The van der Waals surface area contributed by atoms with Gasteiger partial charge in [0.1, 0.15) is 0 Å². The van der Waals surface area contributed by atoms with Crippen molar-refractivity contribution in [3.63, 3.8) is 0 Å². The molecule has 1 aliphatic rings. The van der Waals surface area contributed by atoms with Gasteiger partial charge in [0.25, 0.3) is 0 Å². The van der Waals surface area contributed by atoms with Crippen molar-refractivity contribution in [2.45, 2.75) is 24.3 Å². The van der Waals surface area contributed by atoms with Crippen LogP contribution in [0, 0.1) is 0 Å². The van der Waals surface area contributed by atoms with Gasteiger partial charge in [0, 0.05) is 6.54 Å². The van der Waals surface area contributed by atoms with E-state index in [9.17, 15) is 13.2 Å². The number of rotatable bonds is 2. The van der Waals surface area contributed by atoms with Crippen molar-refractivity contribution in [2.75, 3.05) is 13.1 Å². The highest BCUT2D eigenvalue weighted by Crippen LogP contribution is 2.17. The minimum absolute atomic E-state index is 0.0192. The predicted molar refractivity (Wildman–Crippen MR) is 53.4 cm³/mol. The van der Waals surface area contributed by atoms with E-state index in [0.29, 0.717) is 0 Å². The molecule has 0 aliphatic carbocycles. The maximum absolute atomic E-state index is 11.6. The molecule has 13 heavy (non-hydrogen) atoms. The van der Waals surface area contributed by atoms with Crippen LogP contribution in [0.2, 0.25) is 0 Å². The number of carbonyl (C=O) groups is 1. The Labute approximate surface area is 83.8 Å². The van der Waals surface area contributed by atoms with Crippen LogP contribution in [0.25, 0.3) is 0 Å². The fourth-order valence-electron chi connectivity index (χ4n) is 1.13. The first-order valence-corrected chi connectivity index (χ1v) is 6.07. The highest BCUT2D eigenvalue weighted by molar-refractivity contribution is 7.89. The Morgan fingerprint density at radius 3 is 2.38 bits per heavy atom. The Balaban J connectivity index is 2.83. The van der Waals surface area contributed by atoms with Gasteiger partial charge < -0.3 is 0 Å². The molecule has 4 nitrogen and oxygen atoms in total. The number of sulfonamides is 1. The summed E-state index contributed by atoms with van der Waals surface area (Å²) < 4.78 is 24.3. The van der Waals surface area contributed by atoms with Crippen LogP contribution in [0.4, 0.5) is 0 Å². The molecule has 76 valence electrons. The SMILES string of the molecule is CC(C)S(=O)(=O)N1CC(=O)C(S)C1. The summed E-state index contributed by atoms with van der Waals surface area (Å²) in [6.07, 6.45) is 0. The molecular formula is C7H13NO3S2. The summed E-state index contributed by atoms with van der Waals surface area (Å²) in [4.78, 5) is 11.1. The van der Waals surface area contributed by atoms with Crippen molar-refractivity contribution in [1.82, 2.24) is 4.31 Å². The minimum atomic E-state index is -3.28. The standard InChI is InChI=1S/C7H13NO3S2/c1-5(2)13(10,11)8-3-6(9)7(12)4-8/h5,7,12H,3-4H2,1-2H3. The molecule has 1 rings (SSSR count).